The van der Waals surface area contributed by atoms with E-state index in [1.54, 1.807) is 6.20 Å². The zero-order chi connectivity index (χ0) is 23.4. The van der Waals surface area contributed by atoms with Gasteiger partial charge in [0.1, 0.15) is 17.2 Å². The average molecular weight is 423 g/mol. The quantitative estimate of drug-likeness (QED) is 0.434. The topological polar surface area (TPSA) is 57.4 Å². The van der Waals surface area contributed by atoms with Gasteiger partial charge in [0.05, 0.1) is 11.8 Å². The van der Waals surface area contributed by atoms with Crippen LogP contribution in [0.3, 0.4) is 0 Å². The Hall–Kier alpha value is -3.01. The third kappa shape index (κ3) is 8.71. The Bertz CT molecular complexity index is 936. The summed E-state index contributed by atoms with van der Waals surface area (Å²) in [6.45, 7) is 16.2. The summed E-state index contributed by atoms with van der Waals surface area (Å²) >= 11 is 0. The molecule has 0 atom stereocenters. The van der Waals surface area contributed by atoms with Crippen molar-refractivity contribution < 1.29 is 9.47 Å². The molecule has 2 N–H and O–H groups in total. The molecule has 0 radical (unpaired) electrons. The minimum Gasteiger partial charge on any atom is -0.491 e. The van der Waals surface area contributed by atoms with E-state index in [-0.39, 0.29) is 6.10 Å². The molecule has 0 aliphatic carbocycles. The van der Waals surface area contributed by atoms with E-state index < -0.39 is 0 Å². The molecule has 0 saturated heterocycles. The number of anilines is 1. The molecule has 0 unspecified atom stereocenters. The van der Waals surface area contributed by atoms with Gasteiger partial charge in [-0.15, -0.1) is 0 Å². The highest BCUT2D eigenvalue weighted by Gasteiger charge is 2.03. The Balaban J connectivity index is 0.000000303. The molecular weight excluding hydrogens is 384 g/mol. The minimum absolute atomic E-state index is 0.216. The number of benzene rings is 2. The number of nitrogen functional groups attached to an aromatic ring is 1. The van der Waals surface area contributed by atoms with E-state index in [2.05, 4.69) is 31.0 Å². The van der Waals surface area contributed by atoms with Crippen molar-refractivity contribution in [3.63, 3.8) is 0 Å². The molecule has 3 rings (SSSR count). The SMILES string of the molecule is CC.CCc1ccc(Oc2cccnc2C)cc1C.Cc1cc(OC(C)C)ccc1N. The number of rotatable bonds is 5. The number of aromatic nitrogens is 1. The van der Waals surface area contributed by atoms with Gasteiger partial charge < -0.3 is 15.2 Å². The first-order valence-electron chi connectivity index (χ1n) is 11.0. The summed E-state index contributed by atoms with van der Waals surface area (Å²) in [4.78, 5) is 4.21. The van der Waals surface area contributed by atoms with Crippen molar-refractivity contribution in [2.75, 3.05) is 5.73 Å². The van der Waals surface area contributed by atoms with Crippen LogP contribution in [0.5, 0.6) is 17.2 Å². The van der Waals surface area contributed by atoms with Crippen molar-refractivity contribution in [3.05, 3.63) is 77.1 Å². The van der Waals surface area contributed by atoms with Gasteiger partial charge >= 0.3 is 0 Å². The third-order valence-electron chi connectivity index (χ3n) is 4.49. The van der Waals surface area contributed by atoms with Gasteiger partial charge in [-0.25, -0.2) is 0 Å². The maximum atomic E-state index is 5.83. The second kappa shape index (κ2) is 13.3. The Morgan fingerprint density at radius 1 is 0.903 bits per heavy atom. The smallest absolute Gasteiger partial charge is 0.148 e. The van der Waals surface area contributed by atoms with Crippen LogP contribution in [0.2, 0.25) is 0 Å². The molecule has 0 fully saturated rings. The van der Waals surface area contributed by atoms with E-state index in [4.69, 9.17) is 15.2 Å². The van der Waals surface area contributed by atoms with Crippen LogP contribution in [0.4, 0.5) is 5.69 Å². The fourth-order valence-corrected chi connectivity index (χ4v) is 2.83. The minimum atomic E-state index is 0.216. The lowest BCUT2D eigenvalue weighted by atomic mass is 10.1. The molecule has 4 nitrogen and oxygen atoms in total. The van der Waals surface area contributed by atoms with Gasteiger partial charge in [-0.3, -0.25) is 4.98 Å². The maximum Gasteiger partial charge on any atom is 0.148 e. The molecule has 168 valence electrons. The first kappa shape index (κ1) is 26.0. The monoisotopic (exact) mass is 422 g/mol. The highest BCUT2D eigenvalue weighted by atomic mass is 16.5. The summed E-state index contributed by atoms with van der Waals surface area (Å²) in [6.07, 6.45) is 3.04. The standard InChI is InChI=1S/C15H17NO.C10H15NO.C2H6/c1-4-13-7-8-14(10-11(13)2)17-15-6-5-9-16-12(15)3;1-7(2)12-9-4-5-10(11)8(3)6-9;1-2/h5-10H,4H2,1-3H3;4-7H,11H2,1-3H3;1-2H3. The summed E-state index contributed by atoms with van der Waals surface area (Å²) in [7, 11) is 0. The van der Waals surface area contributed by atoms with Crippen molar-refractivity contribution in [2.24, 2.45) is 0 Å². The first-order valence-corrected chi connectivity index (χ1v) is 11.0. The number of ether oxygens (including phenoxy) is 2. The molecule has 0 aliphatic heterocycles. The Morgan fingerprint density at radius 3 is 2.10 bits per heavy atom. The van der Waals surface area contributed by atoms with Crippen molar-refractivity contribution in [2.45, 2.75) is 67.9 Å². The largest absolute Gasteiger partial charge is 0.491 e. The zero-order valence-electron chi connectivity index (χ0n) is 20.3. The lowest BCUT2D eigenvalue weighted by Gasteiger charge is -2.10. The summed E-state index contributed by atoms with van der Waals surface area (Å²) in [5, 5.41) is 0. The van der Waals surface area contributed by atoms with Crippen LogP contribution in [0.1, 0.15) is 57.0 Å². The second-order valence-electron chi connectivity index (χ2n) is 7.32. The fourth-order valence-electron chi connectivity index (χ4n) is 2.83. The number of hydrogen-bond acceptors (Lipinski definition) is 4. The molecule has 0 aliphatic rings. The number of hydrogen-bond donors (Lipinski definition) is 1. The van der Waals surface area contributed by atoms with Crippen molar-refractivity contribution in [1.82, 2.24) is 4.98 Å². The fraction of sp³-hybridized carbons (Fsp3) is 0.370. The number of aryl methyl sites for hydroxylation is 4. The van der Waals surface area contributed by atoms with Gasteiger partial charge in [0, 0.05) is 11.9 Å². The molecule has 3 aromatic rings. The lowest BCUT2D eigenvalue weighted by molar-refractivity contribution is 0.242. The number of nitrogens with zero attached hydrogens (tertiary/aromatic N) is 1. The van der Waals surface area contributed by atoms with Crippen molar-refractivity contribution in [1.29, 1.82) is 0 Å². The molecule has 2 aromatic carbocycles. The van der Waals surface area contributed by atoms with E-state index in [0.29, 0.717) is 0 Å². The molecular formula is C27H38N2O2. The predicted octanol–water partition coefficient (Wildman–Crippen LogP) is 7.44. The van der Waals surface area contributed by atoms with Crippen molar-refractivity contribution in [3.8, 4) is 17.2 Å². The maximum absolute atomic E-state index is 5.83. The summed E-state index contributed by atoms with van der Waals surface area (Å²) in [5.74, 6) is 2.57. The second-order valence-corrected chi connectivity index (χ2v) is 7.32. The molecule has 0 bridgehead atoms. The molecule has 1 aromatic heterocycles. The number of nitrogens with two attached hydrogens (primary N) is 1. The van der Waals surface area contributed by atoms with Gasteiger partial charge in [0.2, 0.25) is 0 Å². The van der Waals surface area contributed by atoms with Crippen LogP contribution in [-0.2, 0) is 6.42 Å². The van der Waals surface area contributed by atoms with Gasteiger partial charge in [-0.2, -0.15) is 0 Å². The molecule has 0 saturated carbocycles. The zero-order valence-corrected chi connectivity index (χ0v) is 20.3. The van der Waals surface area contributed by atoms with Gasteiger partial charge in [0.25, 0.3) is 0 Å². The summed E-state index contributed by atoms with van der Waals surface area (Å²) in [6, 6.07) is 15.7. The number of pyridine rings is 1. The van der Waals surface area contributed by atoms with Crippen molar-refractivity contribution >= 4 is 5.69 Å². The van der Waals surface area contributed by atoms with E-state index in [0.717, 1.165) is 40.6 Å². The van der Waals surface area contributed by atoms with Crippen LogP contribution in [-0.4, -0.2) is 11.1 Å². The average Bonchev–Trinajstić information content (AvgIpc) is 2.74. The first-order chi connectivity index (χ1) is 14.8. The van der Waals surface area contributed by atoms with Gasteiger partial charge in [-0.1, -0.05) is 26.8 Å². The van der Waals surface area contributed by atoms with Crippen LogP contribution in [0.25, 0.3) is 0 Å². The molecule has 4 heteroatoms. The summed E-state index contributed by atoms with van der Waals surface area (Å²) < 4.78 is 11.3. The highest BCUT2D eigenvalue weighted by molar-refractivity contribution is 5.49. The van der Waals surface area contributed by atoms with Crippen LogP contribution >= 0.6 is 0 Å². The molecule has 0 amide bonds. The normalized spacial score (nSPS) is 9.84. The van der Waals surface area contributed by atoms with E-state index >= 15 is 0 Å². The van der Waals surface area contributed by atoms with Gasteiger partial charge in [-0.05, 0) is 100 Å². The van der Waals surface area contributed by atoms with Crippen LogP contribution in [0.15, 0.2) is 54.7 Å². The Morgan fingerprint density at radius 2 is 1.55 bits per heavy atom. The van der Waals surface area contributed by atoms with Gasteiger partial charge in [0.15, 0.2) is 0 Å². The van der Waals surface area contributed by atoms with E-state index in [1.165, 1.54) is 11.1 Å². The van der Waals surface area contributed by atoms with Crippen LogP contribution < -0.4 is 15.2 Å². The molecule has 31 heavy (non-hydrogen) atoms. The predicted molar refractivity (Wildman–Crippen MR) is 132 cm³/mol. The van der Waals surface area contributed by atoms with E-state index in [9.17, 15) is 0 Å². The highest BCUT2D eigenvalue weighted by Crippen LogP contribution is 2.25. The summed E-state index contributed by atoms with van der Waals surface area (Å²) in [5.41, 5.74) is 11.1. The Kier molecular flexibility index (Phi) is 11.2. The van der Waals surface area contributed by atoms with Crippen LogP contribution in [0, 0.1) is 20.8 Å². The van der Waals surface area contributed by atoms with E-state index in [1.807, 2.05) is 77.9 Å². The Labute approximate surface area is 188 Å². The molecule has 0 spiro atoms. The third-order valence-corrected chi connectivity index (χ3v) is 4.49. The lowest BCUT2D eigenvalue weighted by Crippen LogP contribution is -2.05. The molecule has 1 heterocycles.